The van der Waals surface area contributed by atoms with E-state index in [4.69, 9.17) is 0 Å². The lowest BCUT2D eigenvalue weighted by molar-refractivity contribution is 0.596. The largest absolute Gasteiger partial charge is 0.308 e. The zero-order chi connectivity index (χ0) is 14.9. The van der Waals surface area contributed by atoms with Crippen LogP contribution in [-0.4, -0.2) is 17.8 Å². The van der Waals surface area contributed by atoms with E-state index >= 15 is 0 Å². The van der Waals surface area contributed by atoms with Crippen molar-refractivity contribution in [1.82, 2.24) is 9.38 Å². The highest BCUT2D eigenvalue weighted by Gasteiger charge is 2.11. The number of aromatic nitrogens is 2. The molecule has 0 aliphatic heterocycles. The van der Waals surface area contributed by atoms with Crippen molar-refractivity contribution in [3.63, 3.8) is 0 Å². The second-order valence-corrected chi connectivity index (χ2v) is 6.19. The highest BCUT2D eigenvalue weighted by Crippen LogP contribution is 2.10. The third-order valence-corrected chi connectivity index (χ3v) is 4.34. The van der Waals surface area contributed by atoms with Gasteiger partial charge in [-0.2, -0.15) is 8.42 Å². The molecule has 106 valence electrons. The second kappa shape index (κ2) is 5.14. The summed E-state index contributed by atoms with van der Waals surface area (Å²) in [5, 5.41) is 0. The van der Waals surface area contributed by atoms with Crippen LogP contribution in [0, 0.1) is 6.92 Å². The van der Waals surface area contributed by atoms with Crippen molar-refractivity contribution in [3.05, 3.63) is 72.0 Å². The Bertz CT molecular complexity index is 961. The molecule has 0 atom stereocenters. The fourth-order valence-electron chi connectivity index (χ4n) is 2.01. The summed E-state index contributed by atoms with van der Waals surface area (Å²) in [6.07, 6.45) is 3.60. The molecule has 3 rings (SSSR count). The Balaban J connectivity index is 2.18. The minimum absolute atomic E-state index is 0.157. The van der Waals surface area contributed by atoms with Gasteiger partial charge in [0.2, 0.25) is 0 Å². The molecule has 3 aromatic rings. The first kappa shape index (κ1) is 13.5. The van der Waals surface area contributed by atoms with Crippen LogP contribution in [0.1, 0.15) is 5.56 Å². The SMILES string of the molecule is Cc1cccn2cc/c(=N/S(=O)(=O)c3ccccc3)nc12. The second-order valence-electron chi connectivity index (χ2n) is 4.59. The average Bonchev–Trinajstić information content (AvgIpc) is 2.49. The molecule has 21 heavy (non-hydrogen) atoms. The topological polar surface area (TPSA) is 63.8 Å². The number of pyridine rings is 1. The lowest BCUT2D eigenvalue weighted by Gasteiger charge is -2.02. The summed E-state index contributed by atoms with van der Waals surface area (Å²) in [6.45, 7) is 1.91. The Kier molecular flexibility index (Phi) is 3.31. The van der Waals surface area contributed by atoms with Gasteiger partial charge in [0.15, 0.2) is 5.49 Å². The summed E-state index contributed by atoms with van der Waals surface area (Å²) in [5.74, 6) is 0. The van der Waals surface area contributed by atoms with Gasteiger partial charge in [-0.3, -0.25) is 0 Å². The monoisotopic (exact) mass is 299 g/mol. The van der Waals surface area contributed by atoms with E-state index in [1.165, 1.54) is 12.1 Å². The maximum Gasteiger partial charge on any atom is 0.284 e. The van der Waals surface area contributed by atoms with Gasteiger partial charge in [-0.1, -0.05) is 24.3 Å². The van der Waals surface area contributed by atoms with Crippen LogP contribution < -0.4 is 5.49 Å². The number of hydrogen-bond acceptors (Lipinski definition) is 3. The maximum absolute atomic E-state index is 12.2. The fourth-order valence-corrected chi connectivity index (χ4v) is 2.96. The number of sulfonamides is 1. The predicted molar refractivity (Wildman–Crippen MR) is 79.1 cm³/mol. The van der Waals surface area contributed by atoms with Crippen molar-refractivity contribution in [3.8, 4) is 0 Å². The summed E-state index contributed by atoms with van der Waals surface area (Å²) >= 11 is 0. The van der Waals surface area contributed by atoms with Crippen LogP contribution in [0.25, 0.3) is 5.65 Å². The summed E-state index contributed by atoms with van der Waals surface area (Å²) < 4.78 is 30.0. The number of aryl methyl sites for hydroxylation is 1. The van der Waals surface area contributed by atoms with Gasteiger partial charge in [0.1, 0.15) is 5.65 Å². The maximum atomic E-state index is 12.2. The molecule has 2 heterocycles. The molecule has 0 amide bonds. The molecule has 0 bridgehead atoms. The third kappa shape index (κ3) is 2.71. The van der Waals surface area contributed by atoms with Gasteiger partial charge in [-0.15, -0.1) is 4.40 Å². The molecular formula is C15H13N3O2S. The van der Waals surface area contributed by atoms with Crippen molar-refractivity contribution in [2.24, 2.45) is 4.40 Å². The van der Waals surface area contributed by atoms with Gasteiger partial charge in [0, 0.05) is 18.5 Å². The van der Waals surface area contributed by atoms with Gasteiger partial charge in [0.25, 0.3) is 10.0 Å². The van der Waals surface area contributed by atoms with E-state index < -0.39 is 10.0 Å². The summed E-state index contributed by atoms with van der Waals surface area (Å²) in [7, 11) is -3.74. The lowest BCUT2D eigenvalue weighted by atomic mass is 10.3. The van der Waals surface area contributed by atoms with E-state index in [1.54, 1.807) is 30.5 Å². The Morgan fingerprint density at radius 2 is 1.76 bits per heavy atom. The van der Waals surface area contributed by atoms with Crippen LogP contribution in [0.4, 0.5) is 0 Å². The number of fused-ring (bicyclic) bond motifs is 1. The van der Waals surface area contributed by atoms with E-state index in [1.807, 2.05) is 29.7 Å². The Labute approximate surface area is 122 Å². The standard InChI is InChI=1S/C15H13N3O2S/c1-12-6-5-10-18-11-9-14(16-15(12)18)17-21(19,20)13-7-3-2-4-8-13/h2-11H,1H3/b17-14-. The van der Waals surface area contributed by atoms with Gasteiger partial charge in [-0.25, -0.2) is 4.98 Å². The average molecular weight is 299 g/mol. The molecule has 2 aromatic heterocycles. The van der Waals surface area contributed by atoms with Crippen LogP contribution in [0.15, 0.2) is 70.2 Å². The lowest BCUT2D eigenvalue weighted by Crippen LogP contribution is -2.13. The molecule has 0 aliphatic carbocycles. The van der Waals surface area contributed by atoms with Gasteiger partial charge >= 0.3 is 0 Å². The first-order chi connectivity index (χ1) is 10.1. The van der Waals surface area contributed by atoms with E-state index in [0.717, 1.165) is 5.56 Å². The molecule has 6 heteroatoms. The molecule has 0 spiro atoms. The van der Waals surface area contributed by atoms with Crippen LogP contribution >= 0.6 is 0 Å². The quantitative estimate of drug-likeness (QED) is 0.726. The van der Waals surface area contributed by atoms with Crippen molar-refractivity contribution < 1.29 is 8.42 Å². The molecule has 1 aromatic carbocycles. The van der Waals surface area contributed by atoms with Crippen molar-refractivity contribution in [1.29, 1.82) is 0 Å². The zero-order valence-electron chi connectivity index (χ0n) is 11.3. The molecule has 0 fully saturated rings. The van der Waals surface area contributed by atoms with Crippen LogP contribution in [0.3, 0.4) is 0 Å². The summed E-state index contributed by atoms with van der Waals surface area (Å²) in [4.78, 5) is 4.46. The van der Waals surface area contributed by atoms with Crippen molar-refractivity contribution in [2.75, 3.05) is 0 Å². The Morgan fingerprint density at radius 1 is 1.00 bits per heavy atom. The minimum Gasteiger partial charge on any atom is -0.308 e. The van der Waals surface area contributed by atoms with Gasteiger partial charge in [0.05, 0.1) is 4.90 Å². The fraction of sp³-hybridized carbons (Fsp3) is 0.0667. The Hall–Kier alpha value is -2.47. The number of rotatable bonds is 2. The van der Waals surface area contributed by atoms with Crippen LogP contribution in [0.2, 0.25) is 0 Å². The normalized spacial score (nSPS) is 12.7. The van der Waals surface area contributed by atoms with Crippen molar-refractivity contribution in [2.45, 2.75) is 11.8 Å². The highest BCUT2D eigenvalue weighted by molar-refractivity contribution is 7.90. The molecule has 0 saturated heterocycles. The molecule has 5 nitrogen and oxygen atoms in total. The smallest absolute Gasteiger partial charge is 0.284 e. The summed E-state index contributed by atoms with van der Waals surface area (Å²) in [5.41, 5.74) is 1.81. The first-order valence-electron chi connectivity index (χ1n) is 6.37. The van der Waals surface area contributed by atoms with Gasteiger partial charge < -0.3 is 4.40 Å². The molecule has 0 aliphatic rings. The zero-order valence-corrected chi connectivity index (χ0v) is 12.2. The van der Waals surface area contributed by atoms with E-state index in [2.05, 4.69) is 9.38 Å². The predicted octanol–water partition coefficient (Wildman–Crippen LogP) is 1.93. The molecule has 0 N–H and O–H groups in total. The first-order valence-corrected chi connectivity index (χ1v) is 7.81. The minimum atomic E-state index is -3.74. The van der Waals surface area contributed by atoms with E-state index in [0.29, 0.717) is 5.65 Å². The number of hydrogen-bond donors (Lipinski definition) is 0. The van der Waals surface area contributed by atoms with Crippen molar-refractivity contribution >= 4 is 15.7 Å². The van der Waals surface area contributed by atoms with E-state index in [-0.39, 0.29) is 10.4 Å². The molecular weight excluding hydrogens is 286 g/mol. The number of benzene rings is 1. The van der Waals surface area contributed by atoms with Crippen LogP contribution in [-0.2, 0) is 10.0 Å². The summed E-state index contributed by atoms with van der Waals surface area (Å²) in [6, 6.07) is 13.5. The molecule has 0 unspecified atom stereocenters. The third-order valence-electron chi connectivity index (χ3n) is 3.05. The highest BCUT2D eigenvalue weighted by atomic mass is 32.2. The van der Waals surface area contributed by atoms with Crippen LogP contribution in [0.5, 0.6) is 0 Å². The van der Waals surface area contributed by atoms with Gasteiger partial charge in [-0.05, 0) is 30.7 Å². The Morgan fingerprint density at radius 3 is 2.52 bits per heavy atom. The van der Waals surface area contributed by atoms with E-state index in [9.17, 15) is 8.42 Å². The molecule has 0 saturated carbocycles. The number of nitrogens with zero attached hydrogens (tertiary/aromatic N) is 3. The molecule has 0 radical (unpaired) electrons.